The van der Waals surface area contributed by atoms with E-state index in [1.165, 1.54) is 29.7 Å². The number of hydrogen-bond donors (Lipinski definition) is 2. The molecule has 1 aliphatic heterocycles. The molecule has 1 saturated heterocycles. The monoisotopic (exact) mass is 337 g/mol. The summed E-state index contributed by atoms with van der Waals surface area (Å²) in [5.74, 6) is 0.597. The van der Waals surface area contributed by atoms with E-state index in [9.17, 15) is 4.79 Å². The molecule has 3 rings (SSSR count). The van der Waals surface area contributed by atoms with Crippen LogP contribution >= 0.6 is 0 Å². The van der Waals surface area contributed by atoms with Gasteiger partial charge in [0.2, 0.25) is 0 Å². The molecule has 0 bridgehead atoms. The molecule has 0 spiro atoms. The highest BCUT2D eigenvalue weighted by atomic mass is 16.2. The number of hydrogen-bond acceptors (Lipinski definition) is 1. The summed E-state index contributed by atoms with van der Waals surface area (Å²) >= 11 is 0. The Morgan fingerprint density at radius 3 is 2.12 bits per heavy atom. The lowest BCUT2D eigenvalue weighted by molar-refractivity contribution is -0.926. The van der Waals surface area contributed by atoms with E-state index < -0.39 is 0 Å². The maximum Gasteiger partial charge on any atom is 0.287 e. The number of carbonyl (C=O) groups excluding carboxylic acids is 1. The van der Waals surface area contributed by atoms with E-state index >= 15 is 0 Å². The topological polar surface area (TPSA) is 33.5 Å². The third-order valence-corrected chi connectivity index (χ3v) is 5.14. The Morgan fingerprint density at radius 1 is 0.880 bits per heavy atom. The number of quaternary nitrogens is 1. The van der Waals surface area contributed by atoms with Crippen molar-refractivity contribution in [2.24, 2.45) is 0 Å². The molecule has 1 heterocycles. The largest absolute Gasteiger partial charge is 0.321 e. The average Bonchev–Trinajstić information content (AvgIpc) is 2.64. The molecule has 1 aliphatic rings. The molecule has 0 aromatic heterocycles. The second-order valence-corrected chi connectivity index (χ2v) is 7.33. The molecule has 3 heteroatoms. The van der Waals surface area contributed by atoms with Gasteiger partial charge in [-0.1, -0.05) is 56.3 Å². The van der Waals surface area contributed by atoms with Crippen LogP contribution in [-0.2, 0) is 4.79 Å². The molecule has 1 fully saturated rings. The van der Waals surface area contributed by atoms with E-state index in [-0.39, 0.29) is 11.9 Å². The van der Waals surface area contributed by atoms with Crippen LogP contribution in [0.15, 0.2) is 54.6 Å². The van der Waals surface area contributed by atoms with E-state index in [0.717, 1.165) is 24.3 Å². The summed E-state index contributed by atoms with van der Waals surface area (Å²) in [7, 11) is 0. The van der Waals surface area contributed by atoms with Crippen LogP contribution in [-0.4, -0.2) is 19.0 Å². The molecule has 0 aliphatic carbocycles. The lowest BCUT2D eigenvalue weighted by Crippen LogP contribution is -3.14. The van der Waals surface area contributed by atoms with Gasteiger partial charge in [-0.2, -0.15) is 0 Å². The fourth-order valence-corrected chi connectivity index (χ4v) is 3.68. The summed E-state index contributed by atoms with van der Waals surface area (Å²) < 4.78 is 0. The van der Waals surface area contributed by atoms with Gasteiger partial charge in [-0.25, -0.2) is 0 Å². The Balaban J connectivity index is 1.79. The molecule has 0 saturated carbocycles. The Kier molecular flexibility index (Phi) is 5.87. The maximum atomic E-state index is 13.1. The second-order valence-electron chi connectivity index (χ2n) is 7.33. The summed E-state index contributed by atoms with van der Waals surface area (Å²) in [4.78, 5) is 14.5. The SMILES string of the molecule is CC(C)c1ccc(NC(=O)C(c2ccccc2)[NH+]2CCCCC2)cc1. The van der Waals surface area contributed by atoms with Crippen LogP contribution in [0.1, 0.15) is 56.2 Å². The minimum absolute atomic E-state index is 0.0976. The first kappa shape index (κ1) is 17.7. The fourth-order valence-electron chi connectivity index (χ4n) is 3.68. The van der Waals surface area contributed by atoms with Crippen molar-refractivity contribution < 1.29 is 9.69 Å². The van der Waals surface area contributed by atoms with Gasteiger partial charge in [-0.05, 0) is 42.9 Å². The van der Waals surface area contributed by atoms with Crippen molar-refractivity contribution in [2.45, 2.75) is 45.1 Å². The van der Waals surface area contributed by atoms with Crippen molar-refractivity contribution in [3.63, 3.8) is 0 Å². The maximum absolute atomic E-state index is 13.1. The summed E-state index contributed by atoms with van der Waals surface area (Å²) in [5.41, 5.74) is 3.28. The predicted octanol–water partition coefficient (Wildman–Crippen LogP) is 3.56. The van der Waals surface area contributed by atoms with Gasteiger partial charge >= 0.3 is 0 Å². The normalized spacial score (nSPS) is 16.6. The molecule has 3 nitrogen and oxygen atoms in total. The molecule has 1 atom stereocenters. The van der Waals surface area contributed by atoms with E-state index in [2.05, 4.69) is 43.4 Å². The van der Waals surface area contributed by atoms with Crippen molar-refractivity contribution in [1.29, 1.82) is 0 Å². The van der Waals surface area contributed by atoms with Crippen molar-refractivity contribution >= 4 is 11.6 Å². The van der Waals surface area contributed by atoms with Crippen LogP contribution in [0.25, 0.3) is 0 Å². The van der Waals surface area contributed by atoms with Gasteiger partial charge in [0.1, 0.15) is 0 Å². The van der Waals surface area contributed by atoms with Crippen LogP contribution in [0.4, 0.5) is 5.69 Å². The van der Waals surface area contributed by atoms with Gasteiger partial charge in [0, 0.05) is 11.3 Å². The number of amides is 1. The van der Waals surface area contributed by atoms with Gasteiger partial charge < -0.3 is 10.2 Å². The number of rotatable bonds is 5. The van der Waals surface area contributed by atoms with Crippen molar-refractivity contribution in [1.82, 2.24) is 0 Å². The predicted molar refractivity (Wildman–Crippen MR) is 103 cm³/mol. The Morgan fingerprint density at radius 2 is 1.52 bits per heavy atom. The first-order valence-corrected chi connectivity index (χ1v) is 9.45. The fraction of sp³-hybridized carbons (Fsp3) is 0.409. The van der Waals surface area contributed by atoms with Crippen LogP contribution in [0.5, 0.6) is 0 Å². The van der Waals surface area contributed by atoms with Crippen LogP contribution in [0.3, 0.4) is 0 Å². The standard InChI is InChI=1S/C22H28N2O/c1-17(2)18-11-13-20(14-12-18)23-22(25)21(19-9-5-3-6-10-19)24-15-7-4-8-16-24/h3,5-6,9-14,17,21H,4,7-8,15-16H2,1-2H3,(H,23,25)/p+1. The first-order valence-electron chi connectivity index (χ1n) is 9.45. The third kappa shape index (κ3) is 4.49. The highest BCUT2D eigenvalue weighted by Crippen LogP contribution is 2.19. The first-order chi connectivity index (χ1) is 12.1. The molecule has 1 amide bonds. The smallest absolute Gasteiger partial charge is 0.287 e. The molecule has 25 heavy (non-hydrogen) atoms. The number of benzene rings is 2. The zero-order chi connectivity index (χ0) is 17.6. The Labute approximate surface area is 151 Å². The lowest BCUT2D eigenvalue weighted by Gasteiger charge is -2.31. The molecule has 0 radical (unpaired) electrons. The minimum atomic E-state index is -0.133. The van der Waals surface area contributed by atoms with Gasteiger partial charge in [0.25, 0.3) is 5.91 Å². The molecule has 2 aromatic carbocycles. The van der Waals surface area contributed by atoms with E-state index in [1.54, 1.807) is 0 Å². The van der Waals surface area contributed by atoms with Crippen molar-refractivity contribution in [3.05, 3.63) is 65.7 Å². The highest BCUT2D eigenvalue weighted by Gasteiger charge is 2.32. The summed E-state index contributed by atoms with van der Waals surface area (Å²) in [6.07, 6.45) is 3.69. The number of nitrogens with one attached hydrogen (secondary N) is 2. The van der Waals surface area contributed by atoms with Crippen molar-refractivity contribution in [2.75, 3.05) is 18.4 Å². The van der Waals surface area contributed by atoms with Crippen molar-refractivity contribution in [3.8, 4) is 0 Å². The number of anilines is 1. The minimum Gasteiger partial charge on any atom is -0.321 e. The molecular formula is C22H29N2O+. The van der Waals surface area contributed by atoms with Crippen LogP contribution < -0.4 is 10.2 Å². The van der Waals surface area contributed by atoms with Gasteiger partial charge in [-0.15, -0.1) is 0 Å². The molecule has 1 unspecified atom stereocenters. The van der Waals surface area contributed by atoms with Gasteiger partial charge in [0.15, 0.2) is 6.04 Å². The molecular weight excluding hydrogens is 308 g/mol. The summed E-state index contributed by atoms with van der Waals surface area (Å²) in [6, 6.07) is 18.3. The lowest BCUT2D eigenvalue weighted by atomic mass is 10.0. The third-order valence-electron chi connectivity index (χ3n) is 5.14. The number of piperidine rings is 1. The Bertz CT molecular complexity index is 673. The molecule has 2 N–H and O–H groups in total. The number of carbonyl (C=O) groups is 1. The number of likely N-dealkylation sites (tertiary alicyclic amines) is 1. The van der Waals surface area contributed by atoms with E-state index in [4.69, 9.17) is 0 Å². The van der Waals surface area contributed by atoms with Crippen LogP contribution in [0, 0.1) is 0 Å². The zero-order valence-corrected chi connectivity index (χ0v) is 15.3. The van der Waals surface area contributed by atoms with E-state index in [1.807, 2.05) is 30.3 Å². The average molecular weight is 337 g/mol. The van der Waals surface area contributed by atoms with Crippen LogP contribution in [0.2, 0.25) is 0 Å². The quantitative estimate of drug-likeness (QED) is 0.859. The summed E-state index contributed by atoms with van der Waals surface area (Å²) in [6.45, 7) is 6.50. The highest BCUT2D eigenvalue weighted by molar-refractivity contribution is 5.94. The summed E-state index contributed by atoms with van der Waals surface area (Å²) in [5, 5.41) is 3.14. The Hall–Kier alpha value is -2.13. The van der Waals surface area contributed by atoms with Gasteiger partial charge in [0.05, 0.1) is 13.1 Å². The second kappa shape index (κ2) is 8.30. The molecule has 132 valence electrons. The molecule has 2 aromatic rings. The zero-order valence-electron chi connectivity index (χ0n) is 15.3. The van der Waals surface area contributed by atoms with E-state index in [0.29, 0.717) is 5.92 Å². The van der Waals surface area contributed by atoms with Gasteiger partial charge in [-0.3, -0.25) is 4.79 Å².